The molecular formula is C11H13ClOS. The van der Waals surface area contributed by atoms with E-state index in [-0.39, 0.29) is 5.78 Å². The lowest BCUT2D eigenvalue weighted by Gasteiger charge is -2.03. The molecule has 0 fully saturated rings. The van der Waals surface area contributed by atoms with Crippen molar-refractivity contribution < 1.29 is 4.79 Å². The van der Waals surface area contributed by atoms with Crippen LogP contribution in [0.15, 0.2) is 29.2 Å². The molecule has 0 saturated heterocycles. The molecule has 0 aliphatic rings. The number of halogens is 1. The standard InChI is InChI=1S/C11H13ClOS/c1-3-14-10-6-4-9(5-7-10)11(13)8(2)12/h4-8H,3H2,1-2H3. The van der Waals surface area contributed by atoms with Gasteiger partial charge >= 0.3 is 0 Å². The first kappa shape index (κ1) is 11.6. The van der Waals surface area contributed by atoms with Gasteiger partial charge in [0.2, 0.25) is 0 Å². The largest absolute Gasteiger partial charge is 0.293 e. The van der Waals surface area contributed by atoms with Crippen LogP contribution < -0.4 is 0 Å². The van der Waals surface area contributed by atoms with Gasteiger partial charge in [0, 0.05) is 10.5 Å². The molecule has 0 bridgehead atoms. The van der Waals surface area contributed by atoms with Gasteiger partial charge in [0.05, 0.1) is 5.38 Å². The second-order valence-corrected chi connectivity index (χ2v) is 4.93. The minimum Gasteiger partial charge on any atom is -0.293 e. The Labute approximate surface area is 93.8 Å². The van der Waals surface area contributed by atoms with E-state index in [9.17, 15) is 4.79 Å². The second kappa shape index (κ2) is 5.42. The van der Waals surface area contributed by atoms with E-state index in [0.717, 1.165) is 5.75 Å². The molecule has 0 N–H and O–H groups in total. The van der Waals surface area contributed by atoms with Crippen molar-refractivity contribution in [2.75, 3.05) is 5.75 Å². The summed E-state index contributed by atoms with van der Waals surface area (Å²) in [4.78, 5) is 12.7. The molecule has 0 amide bonds. The van der Waals surface area contributed by atoms with Gasteiger partial charge in [0.15, 0.2) is 5.78 Å². The number of Topliss-reactive ketones (excluding diaryl/α,β-unsaturated/α-hetero) is 1. The molecule has 1 rings (SSSR count). The molecule has 0 heterocycles. The molecule has 0 saturated carbocycles. The maximum absolute atomic E-state index is 11.5. The number of ketones is 1. The number of benzene rings is 1. The number of carbonyl (C=O) groups excluding carboxylic acids is 1. The lowest BCUT2D eigenvalue weighted by Crippen LogP contribution is -2.09. The number of hydrogen-bond donors (Lipinski definition) is 0. The Bertz CT molecular complexity index is 306. The monoisotopic (exact) mass is 228 g/mol. The third kappa shape index (κ3) is 3.03. The maximum Gasteiger partial charge on any atom is 0.180 e. The molecule has 1 nitrogen and oxygen atoms in total. The molecule has 0 aromatic heterocycles. The van der Waals surface area contributed by atoms with Crippen LogP contribution in [-0.4, -0.2) is 16.9 Å². The van der Waals surface area contributed by atoms with E-state index in [2.05, 4.69) is 6.92 Å². The third-order valence-corrected chi connectivity index (χ3v) is 2.90. The Morgan fingerprint density at radius 3 is 2.43 bits per heavy atom. The van der Waals surface area contributed by atoms with E-state index >= 15 is 0 Å². The van der Waals surface area contributed by atoms with Crippen LogP contribution in [0.4, 0.5) is 0 Å². The molecule has 3 heteroatoms. The zero-order valence-electron chi connectivity index (χ0n) is 8.29. The molecule has 0 aliphatic carbocycles. The van der Waals surface area contributed by atoms with Gasteiger partial charge in [-0.15, -0.1) is 23.4 Å². The van der Waals surface area contributed by atoms with E-state index in [1.54, 1.807) is 18.7 Å². The third-order valence-electron chi connectivity index (χ3n) is 1.81. The molecule has 0 spiro atoms. The minimum atomic E-state index is -0.445. The molecule has 0 aliphatic heterocycles. The second-order valence-electron chi connectivity index (χ2n) is 2.94. The molecule has 14 heavy (non-hydrogen) atoms. The fraction of sp³-hybridized carbons (Fsp3) is 0.364. The maximum atomic E-state index is 11.5. The SMILES string of the molecule is CCSc1ccc(C(=O)C(C)Cl)cc1. The molecule has 76 valence electrons. The van der Waals surface area contributed by atoms with Crippen LogP contribution in [0.25, 0.3) is 0 Å². The summed E-state index contributed by atoms with van der Waals surface area (Å²) in [5.74, 6) is 1.03. The first-order chi connectivity index (χ1) is 6.65. The van der Waals surface area contributed by atoms with Crippen molar-refractivity contribution in [1.82, 2.24) is 0 Å². The Hall–Kier alpha value is -0.470. The Balaban J connectivity index is 2.78. The van der Waals surface area contributed by atoms with Gasteiger partial charge in [-0.05, 0) is 24.8 Å². The lowest BCUT2D eigenvalue weighted by molar-refractivity contribution is 0.0991. The minimum absolute atomic E-state index is 0.0142. The van der Waals surface area contributed by atoms with Crippen LogP contribution >= 0.6 is 23.4 Å². The first-order valence-corrected chi connectivity index (χ1v) is 5.98. The van der Waals surface area contributed by atoms with Crippen molar-refractivity contribution in [3.63, 3.8) is 0 Å². The Kier molecular flexibility index (Phi) is 4.49. The number of alkyl halides is 1. The number of thioether (sulfide) groups is 1. The number of hydrogen-bond acceptors (Lipinski definition) is 2. The predicted molar refractivity (Wildman–Crippen MR) is 62.5 cm³/mol. The van der Waals surface area contributed by atoms with E-state index in [4.69, 9.17) is 11.6 Å². The van der Waals surface area contributed by atoms with Crippen LogP contribution in [0.3, 0.4) is 0 Å². The van der Waals surface area contributed by atoms with E-state index in [0.29, 0.717) is 5.56 Å². The van der Waals surface area contributed by atoms with Crippen molar-refractivity contribution in [3.05, 3.63) is 29.8 Å². The van der Waals surface area contributed by atoms with Crippen molar-refractivity contribution in [1.29, 1.82) is 0 Å². The summed E-state index contributed by atoms with van der Waals surface area (Å²) in [6, 6.07) is 7.58. The Morgan fingerprint density at radius 2 is 2.00 bits per heavy atom. The quantitative estimate of drug-likeness (QED) is 0.445. The first-order valence-electron chi connectivity index (χ1n) is 4.56. The van der Waals surface area contributed by atoms with Crippen LogP contribution in [0.5, 0.6) is 0 Å². The number of rotatable bonds is 4. The summed E-state index contributed by atoms with van der Waals surface area (Å²) < 4.78 is 0. The highest BCUT2D eigenvalue weighted by atomic mass is 35.5. The summed E-state index contributed by atoms with van der Waals surface area (Å²) in [7, 11) is 0. The number of carbonyl (C=O) groups is 1. The fourth-order valence-corrected chi connectivity index (χ4v) is 1.90. The van der Waals surface area contributed by atoms with Crippen LogP contribution in [0, 0.1) is 0 Å². The molecule has 1 unspecified atom stereocenters. The van der Waals surface area contributed by atoms with Crippen LogP contribution in [-0.2, 0) is 0 Å². The van der Waals surface area contributed by atoms with Gasteiger partial charge in [-0.25, -0.2) is 0 Å². The van der Waals surface area contributed by atoms with Crippen LogP contribution in [0.1, 0.15) is 24.2 Å². The van der Waals surface area contributed by atoms with Crippen molar-refractivity contribution >= 4 is 29.1 Å². The van der Waals surface area contributed by atoms with Gasteiger partial charge in [-0.2, -0.15) is 0 Å². The van der Waals surface area contributed by atoms with E-state index < -0.39 is 5.38 Å². The van der Waals surface area contributed by atoms with E-state index in [1.807, 2.05) is 24.3 Å². The highest BCUT2D eigenvalue weighted by Crippen LogP contribution is 2.18. The van der Waals surface area contributed by atoms with Crippen LogP contribution in [0.2, 0.25) is 0 Å². The van der Waals surface area contributed by atoms with Gasteiger partial charge in [-0.3, -0.25) is 4.79 Å². The molecule has 1 aromatic carbocycles. The lowest BCUT2D eigenvalue weighted by atomic mass is 10.1. The summed E-state index contributed by atoms with van der Waals surface area (Å²) in [6.45, 7) is 3.79. The molecule has 0 radical (unpaired) electrons. The summed E-state index contributed by atoms with van der Waals surface area (Å²) in [6.07, 6.45) is 0. The van der Waals surface area contributed by atoms with Gasteiger partial charge in [0.1, 0.15) is 0 Å². The topological polar surface area (TPSA) is 17.1 Å². The summed E-state index contributed by atoms with van der Waals surface area (Å²) >= 11 is 7.47. The van der Waals surface area contributed by atoms with E-state index in [1.165, 1.54) is 4.90 Å². The highest BCUT2D eigenvalue weighted by Gasteiger charge is 2.11. The summed E-state index contributed by atoms with van der Waals surface area (Å²) in [5, 5.41) is -0.445. The van der Waals surface area contributed by atoms with Crippen molar-refractivity contribution in [3.8, 4) is 0 Å². The average molecular weight is 229 g/mol. The molecular weight excluding hydrogens is 216 g/mol. The molecule has 1 atom stereocenters. The highest BCUT2D eigenvalue weighted by molar-refractivity contribution is 7.99. The van der Waals surface area contributed by atoms with Crippen molar-refractivity contribution in [2.45, 2.75) is 24.1 Å². The van der Waals surface area contributed by atoms with Gasteiger partial charge in [0.25, 0.3) is 0 Å². The fourth-order valence-electron chi connectivity index (χ4n) is 1.11. The smallest absolute Gasteiger partial charge is 0.180 e. The average Bonchev–Trinajstić information content (AvgIpc) is 2.18. The zero-order valence-corrected chi connectivity index (χ0v) is 9.86. The molecule has 1 aromatic rings. The summed E-state index contributed by atoms with van der Waals surface area (Å²) in [5.41, 5.74) is 0.688. The van der Waals surface area contributed by atoms with Gasteiger partial charge in [-0.1, -0.05) is 19.1 Å². The van der Waals surface area contributed by atoms with Gasteiger partial charge < -0.3 is 0 Å². The Morgan fingerprint density at radius 1 is 1.43 bits per heavy atom. The predicted octanol–water partition coefficient (Wildman–Crippen LogP) is 3.61. The van der Waals surface area contributed by atoms with Crippen molar-refractivity contribution in [2.24, 2.45) is 0 Å². The normalized spacial score (nSPS) is 12.5. The zero-order chi connectivity index (χ0) is 10.6.